The fourth-order valence-corrected chi connectivity index (χ4v) is 4.46. The van der Waals surface area contributed by atoms with Crippen molar-refractivity contribution in [2.24, 2.45) is 7.05 Å². The van der Waals surface area contributed by atoms with Crippen LogP contribution in [0.2, 0.25) is 0 Å². The summed E-state index contributed by atoms with van der Waals surface area (Å²) in [6.45, 7) is 0.820. The number of amides is 1. The molecule has 5 rings (SSSR count). The van der Waals surface area contributed by atoms with Gasteiger partial charge in [-0.25, -0.2) is 9.48 Å². The fourth-order valence-electron chi connectivity index (χ4n) is 4.05. The Bertz CT molecular complexity index is 1210. The summed E-state index contributed by atoms with van der Waals surface area (Å²) in [5.41, 5.74) is 5.27. The fraction of sp³-hybridized carbons (Fsp3) is 0.300. The van der Waals surface area contributed by atoms with E-state index in [4.69, 9.17) is 9.26 Å². The van der Waals surface area contributed by atoms with Gasteiger partial charge in [0.2, 0.25) is 0 Å². The van der Waals surface area contributed by atoms with Gasteiger partial charge in [-0.3, -0.25) is 9.88 Å². The first-order valence-electron chi connectivity index (χ1n) is 9.67. The second-order valence-corrected chi connectivity index (χ2v) is 9.45. The number of hydrogen-bond donors (Lipinski definition) is 0. The quantitative estimate of drug-likeness (QED) is 0.349. The second-order valence-electron chi connectivity index (χ2n) is 7.65. The van der Waals surface area contributed by atoms with Gasteiger partial charge in [0.1, 0.15) is 19.4 Å². The molecule has 1 aromatic carbocycles. The maximum Gasteiger partial charge on any atom is 1.00 e. The molecule has 1 unspecified atom stereocenters. The summed E-state index contributed by atoms with van der Waals surface area (Å²) in [4.78, 5) is 29.8. The Morgan fingerprint density at radius 1 is 1.25 bits per heavy atom. The molecule has 0 N–H and O–H groups in total. The Labute approximate surface area is 206 Å². The third kappa shape index (κ3) is 4.26. The number of rotatable bonds is 5. The smallest absolute Gasteiger partial charge is 0.779 e. The van der Waals surface area contributed by atoms with E-state index < -0.39 is 19.8 Å². The summed E-state index contributed by atoms with van der Waals surface area (Å²) in [5, 5.41) is 7.80. The Balaban J connectivity index is 0.00000245. The molecule has 1 saturated heterocycles. The maximum absolute atomic E-state index is 12.4. The normalized spacial score (nSPS) is 20.8. The van der Waals surface area contributed by atoms with Gasteiger partial charge in [0.15, 0.2) is 0 Å². The molecule has 32 heavy (non-hydrogen) atoms. The van der Waals surface area contributed by atoms with Crippen molar-refractivity contribution in [1.82, 2.24) is 20.0 Å². The standard InChI is InChI=1S/C20H20N5O5P.Na/c1-24-18(10-22-23-24)15-5-3-13(9-21-15)12-4-6-16-14(7-12)8-17-19(11-29-31(2,27)28)30-20(26)25(16)17;/h3-7,9-10,17,19H,8,11H2,1-2H3,(H,27,28);/q;+1/p-1/t17-,19-;/m0./s1. The molecular formula is C20H19N5NaO5P. The number of hydrogen-bond acceptors (Lipinski definition) is 8. The molecule has 1 amide bonds. The minimum Gasteiger partial charge on any atom is -0.779 e. The maximum atomic E-state index is 12.4. The van der Waals surface area contributed by atoms with Crippen LogP contribution in [0.5, 0.6) is 0 Å². The van der Waals surface area contributed by atoms with E-state index in [0.29, 0.717) is 6.42 Å². The monoisotopic (exact) mass is 463 g/mol. The number of aromatic nitrogens is 4. The molecule has 0 radical (unpaired) electrons. The molecule has 4 heterocycles. The van der Waals surface area contributed by atoms with Crippen LogP contribution in [0.15, 0.2) is 42.7 Å². The number of cyclic esters (lactones) is 1. The van der Waals surface area contributed by atoms with Gasteiger partial charge in [-0.15, -0.1) is 5.10 Å². The van der Waals surface area contributed by atoms with E-state index in [1.54, 1.807) is 22.0 Å². The van der Waals surface area contributed by atoms with E-state index in [2.05, 4.69) is 15.3 Å². The van der Waals surface area contributed by atoms with Crippen LogP contribution in [0.25, 0.3) is 22.5 Å². The van der Waals surface area contributed by atoms with Crippen molar-refractivity contribution >= 4 is 19.4 Å². The largest absolute Gasteiger partial charge is 1.00 e. The van der Waals surface area contributed by atoms with Crippen molar-refractivity contribution < 1.29 is 53.1 Å². The minimum absolute atomic E-state index is 0. The van der Waals surface area contributed by atoms with Gasteiger partial charge in [-0.1, -0.05) is 17.3 Å². The third-order valence-electron chi connectivity index (χ3n) is 5.52. The van der Waals surface area contributed by atoms with Gasteiger partial charge in [0.05, 0.1) is 30.2 Å². The number of carbonyl (C=O) groups excluding carboxylic acids is 1. The third-order valence-corrected chi connectivity index (χ3v) is 6.14. The van der Waals surface area contributed by atoms with Crippen LogP contribution in [0.1, 0.15) is 5.56 Å². The van der Waals surface area contributed by atoms with E-state index in [1.165, 1.54) is 0 Å². The van der Waals surface area contributed by atoms with Crippen LogP contribution in [-0.4, -0.2) is 51.5 Å². The molecule has 0 saturated carbocycles. The summed E-state index contributed by atoms with van der Waals surface area (Å²) < 4.78 is 23.2. The van der Waals surface area contributed by atoms with E-state index in [9.17, 15) is 14.3 Å². The van der Waals surface area contributed by atoms with Crippen LogP contribution in [0.3, 0.4) is 0 Å². The van der Waals surface area contributed by atoms with Crippen LogP contribution in [0.4, 0.5) is 10.5 Å². The van der Waals surface area contributed by atoms with Gasteiger partial charge in [0, 0.05) is 25.5 Å². The molecule has 0 bridgehead atoms. The molecule has 12 heteroatoms. The van der Waals surface area contributed by atoms with E-state index in [-0.39, 0.29) is 42.2 Å². The zero-order valence-electron chi connectivity index (χ0n) is 17.8. The average Bonchev–Trinajstić information content (AvgIpc) is 3.40. The number of ether oxygens (including phenoxy) is 1. The zero-order chi connectivity index (χ0) is 21.8. The average molecular weight is 463 g/mol. The number of nitrogens with zero attached hydrogens (tertiary/aromatic N) is 5. The number of benzene rings is 1. The Morgan fingerprint density at radius 3 is 2.69 bits per heavy atom. The topological polar surface area (TPSA) is 122 Å². The molecule has 10 nitrogen and oxygen atoms in total. The predicted molar refractivity (Wildman–Crippen MR) is 109 cm³/mol. The zero-order valence-corrected chi connectivity index (χ0v) is 20.7. The first-order valence-corrected chi connectivity index (χ1v) is 11.7. The SMILES string of the molecule is Cn1nncc1-c1ccc(-c2ccc3c(c2)C[C@H]2[C@H](COP(C)(=O)[O-])OC(=O)N32)cn1.[Na+]. The second kappa shape index (κ2) is 8.70. The number of pyridine rings is 1. The number of carbonyl (C=O) groups is 1. The number of aryl methyl sites for hydroxylation is 1. The van der Waals surface area contributed by atoms with Crippen molar-refractivity contribution in [3.8, 4) is 22.5 Å². The summed E-state index contributed by atoms with van der Waals surface area (Å²) in [6, 6.07) is 9.44. The van der Waals surface area contributed by atoms with Crippen LogP contribution < -0.4 is 39.4 Å². The molecular weight excluding hydrogens is 444 g/mol. The van der Waals surface area contributed by atoms with E-state index in [1.807, 2.05) is 37.4 Å². The summed E-state index contributed by atoms with van der Waals surface area (Å²) in [5.74, 6) is 0. The van der Waals surface area contributed by atoms with Gasteiger partial charge in [-0.2, -0.15) is 0 Å². The van der Waals surface area contributed by atoms with Crippen molar-refractivity contribution in [1.29, 1.82) is 0 Å². The van der Waals surface area contributed by atoms with Crippen molar-refractivity contribution in [3.05, 3.63) is 48.3 Å². The Hall–Kier alpha value is -2.07. The molecule has 0 spiro atoms. The molecule has 3 aromatic rings. The predicted octanol–water partition coefficient (Wildman–Crippen LogP) is -1.00. The van der Waals surface area contributed by atoms with Gasteiger partial charge >= 0.3 is 35.7 Å². The van der Waals surface area contributed by atoms with Crippen LogP contribution >= 0.6 is 7.60 Å². The van der Waals surface area contributed by atoms with Crippen molar-refractivity contribution in [3.63, 3.8) is 0 Å². The van der Waals surface area contributed by atoms with E-state index in [0.717, 1.165) is 40.4 Å². The Kier molecular flexibility index (Phi) is 6.28. The number of anilines is 1. The van der Waals surface area contributed by atoms with Gasteiger partial charge < -0.3 is 18.7 Å². The molecule has 2 aliphatic heterocycles. The van der Waals surface area contributed by atoms with Crippen LogP contribution in [-0.2, 0) is 27.3 Å². The molecule has 0 aliphatic carbocycles. The molecule has 160 valence electrons. The van der Waals surface area contributed by atoms with E-state index >= 15 is 0 Å². The molecule has 1 fully saturated rings. The van der Waals surface area contributed by atoms with Gasteiger partial charge in [-0.05, 0) is 35.7 Å². The van der Waals surface area contributed by atoms with Crippen molar-refractivity contribution in [2.45, 2.75) is 18.6 Å². The van der Waals surface area contributed by atoms with Gasteiger partial charge in [0.25, 0.3) is 0 Å². The Morgan fingerprint density at radius 2 is 2.03 bits per heavy atom. The van der Waals surface area contributed by atoms with Crippen molar-refractivity contribution in [2.75, 3.05) is 18.2 Å². The minimum atomic E-state index is -3.90. The summed E-state index contributed by atoms with van der Waals surface area (Å²) in [6.07, 6.45) is 2.88. The molecule has 2 aromatic heterocycles. The molecule has 3 atom stereocenters. The first kappa shape index (κ1) is 23.1. The summed E-state index contributed by atoms with van der Waals surface area (Å²) >= 11 is 0. The van der Waals surface area contributed by atoms with Crippen LogP contribution in [0, 0.1) is 0 Å². The number of fused-ring (bicyclic) bond motifs is 3. The summed E-state index contributed by atoms with van der Waals surface area (Å²) in [7, 11) is -2.09. The first-order chi connectivity index (χ1) is 14.8. The molecule has 2 aliphatic rings.